The van der Waals surface area contributed by atoms with E-state index in [0.29, 0.717) is 27.2 Å². The molecule has 0 spiro atoms. The van der Waals surface area contributed by atoms with Gasteiger partial charge < -0.3 is 10.3 Å². The molecule has 21 heavy (non-hydrogen) atoms. The van der Waals surface area contributed by atoms with Crippen LogP contribution in [0.25, 0.3) is 10.9 Å². The van der Waals surface area contributed by atoms with E-state index >= 15 is 0 Å². The quantitative estimate of drug-likeness (QED) is 0.856. The van der Waals surface area contributed by atoms with Crippen LogP contribution >= 0.6 is 12.2 Å². The van der Waals surface area contributed by atoms with Gasteiger partial charge in [-0.15, -0.1) is 0 Å². The monoisotopic (exact) mass is 305 g/mol. The molecule has 0 aliphatic rings. The van der Waals surface area contributed by atoms with E-state index in [0.717, 1.165) is 0 Å². The topological polar surface area (TPSA) is 66.9 Å². The second kappa shape index (κ2) is 5.81. The fraction of sp³-hybridized carbons (Fsp3) is 0.400. The number of nitrogens with one attached hydrogen (secondary N) is 2. The van der Waals surface area contributed by atoms with Crippen LogP contribution in [0.4, 0.5) is 0 Å². The van der Waals surface area contributed by atoms with Crippen molar-refractivity contribution in [3.05, 3.63) is 38.9 Å². The maximum Gasteiger partial charge on any atom is 0.261 e. The summed E-state index contributed by atoms with van der Waals surface area (Å²) in [6.07, 6.45) is 0. The lowest BCUT2D eigenvalue weighted by Gasteiger charge is -2.17. The number of fused-ring (bicyclic) bond motifs is 1. The number of carbonyl (C=O) groups is 1. The molecule has 2 N–H and O–H groups in total. The number of amides is 1. The lowest BCUT2D eigenvalue weighted by Crippen LogP contribution is -2.36. The van der Waals surface area contributed by atoms with Crippen LogP contribution in [0.15, 0.2) is 23.0 Å². The van der Waals surface area contributed by atoms with E-state index < -0.39 is 0 Å². The summed E-state index contributed by atoms with van der Waals surface area (Å²) in [7, 11) is 1.62. The molecule has 1 aromatic heterocycles. The van der Waals surface area contributed by atoms with Gasteiger partial charge in [-0.25, -0.2) is 0 Å². The SMILES string of the molecule is CC(C)C(C)NC(=O)c1ccc2c(=O)n(C)c(=S)[nH]c2c1. The normalized spacial score (nSPS) is 12.6. The summed E-state index contributed by atoms with van der Waals surface area (Å²) in [6.45, 7) is 6.06. The van der Waals surface area contributed by atoms with E-state index in [1.54, 1.807) is 25.2 Å². The summed E-state index contributed by atoms with van der Waals surface area (Å²) in [5.41, 5.74) is 0.915. The van der Waals surface area contributed by atoms with Crippen molar-refractivity contribution in [2.24, 2.45) is 13.0 Å². The molecule has 0 aliphatic heterocycles. The van der Waals surface area contributed by atoms with Crippen molar-refractivity contribution in [1.29, 1.82) is 0 Å². The van der Waals surface area contributed by atoms with Crippen LogP contribution in [0.3, 0.4) is 0 Å². The van der Waals surface area contributed by atoms with Gasteiger partial charge in [0.25, 0.3) is 11.5 Å². The van der Waals surface area contributed by atoms with Crippen LogP contribution < -0.4 is 10.9 Å². The second-order valence-corrected chi connectivity index (χ2v) is 5.95. The van der Waals surface area contributed by atoms with Gasteiger partial charge in [0.15, 0.2) is 4.77 Å². The first-order valence-electron chi connectivity index (χ1n) is 6.85. The predicted molar refractivity (Wildman–Crippen MR) is 86.1 cm³/mol. The number of benzene rings is 1. The number of rotatable bonds is 3. The first-order valence-corrected chi connectivity index (χ1v) is 7.26. The van der Waals surface area contributed by atoms with E-state index in [4.69, 9.17) is 12.2 Å². The van der Waals surface area contributed by atoms with Gasteiger partial charge in [0.05, 0.1) is 10.9 Å². The number of hydrogen-bond acceptors (Lipinski definition) is 3. The molecule has 5 nitrogen and oxygen atoms in total. The Balaban J connectivity index is 2.44. The summed E-state index contributed by atoms with van der Waals surface area (Å²) in [5.74, 6) is 0.200. The van der Waals surface area contributed by atoms with Crippen LogP contribution in [0.1, 0.15) is 31.1 Å². The second-order valence-electron chi connectivity index (χ2n) is 5.56. The zero-order valence-electron chi connectivity index (χ0n) is 12.6. The molecule has 0 saturated carbocycles. The fourth-order valence-electron chi connectivity index (χ4n) is 1.90. The molecule has 0 aliphatic carbocycles. The predicted octanol–water partition coefficient (Wildman–Crippen LogP) is 2.37. The molecule has 0 radical (unpaired) electrons. The number of aromatic amines is 1. The Hall–Kier alpha value is -1.95. The minimum atomic E-state index is -0.170. The maximum absolute atomic E-state index is 12.2. The summed E-state index contributed by atoms with van der Waals surface area (Å²) >= 11 is 5.09. The molecule has 2 rings (SSSR count). The van der Waals surface area contributed by atoms with Crippen LogP contribution in [0, 0.1) is 10.7 Å². The van der Waals surface area contributed by atoms with Crippen molar-refractivity contribution >= 4 is 29.0 Å². The average Bonchev–Trinajstić information content (AvgIpc) is 2.44. The van der Waals surface area contributed by atoms with Gasteiger partial charge in [0.2, 0.25) is 0 Å². The first-order chi connectivity index (χ1) is 9.81. The Kier molecular flexibility index (Phi) is 4.27. The highest BCUT2D eigenvalue weighted by molar-refractivity contribution is 7.71. The third kappa shape index (κ3) is 3.05. The average molecular weight is 305 g/mol. The van der Waals surface area contributed by atoms with Gasteiger partial charge in [0, 0.05) is 18.7 Å². The number of aromatic nitrogens is 2. The third-order valence-electron chi connectivity index (χ3n) is 3.72. The first kappa shape index (κ1) is 15.4. The van der Waals surface area contributed by atoms with Gasteiger partial charge in [-0.3, -0.25) is 14.2 Å². The minimum absolute atomic E-state index is 0.0790. The van der Waals surface area contributed by atoms with Gasteiger partial charge in [-0.1, -0.05) is 13.8 Å². The van der Waals surface area contributed by atoms with Crippen LogP contribution in [-0.2, 0) is 7.05 Å². The van der Waals surface area contributed by atoms with Crippen LogP contribution in [-0.4, -0.2) is 21.5 Å². The zero-order valence-corrected chi connectivity index (χ0v) is 13.4. The molecule has 0 fully saturated rings. The van der Waals surface area contributed by atoms with E-state index in [1.165, 1.54) is 4.57 Å². The number of carbonyl (C=O) groups excluding carboxylic acids is 1. The Bertz CT molecular complexity index is 805. The molecule has 1 unspecified atom stereocenters. The fourth-order valence-corrected chi connectivity index (χ4v) is 2.10. The van der Waals surface area contributed by atoms with Crippen molar-refractivity contribution in [2.75, 3.05) is 0 Å². The molecule has 1 amide bonds. The van der Waals surface area contributed by atoms with Crippen molar-refractivity contribution in [2.45, 2.75) is 26.8 Å². The zero-order chi connectivity index (χ0) is 15.7. The molecule has 1 aromatic carbocycles. The van der Waals surface area contributed by atoms with Crippen LogP contribution in [0.5, 0.6) is 0 Å². The summed E-state index contributed by atoms with van der Waals surface area (Å²) in [6, 6.07) is 5.05. The van der Waals surface area contributed by atoms with E-state index in [9.17, 15) is 9.59 Å². The Morgan fingerprint density at radius 2 is 2.00 bits per heavy atom. The Morgan fingerprint density at radius 3 is 2.62 bits per heavy atom. The van der Waals surface area contributed by atoms with E-state index in [-0.39, 0.29) is 17.5 Å². The molecule has 0 saturated heterocycles. The summed E-state index contributed by atoms with van der Waals surface area (Å²) < 4.78 is 1.71. The number of hydrogen-bond donors (Lipinski definition) is 2. The van der Waals surface area contributed by atoms with Gasteiger partial charge in [-0.2, -0.15) is 0 Å². The van der Waals surface area contributed by atoms with Crippen LogP contribution in [0.2, 0.25) is 0 Å². The minimum Gasteiger partial charge on any atom is -0.349 e. The molecule has 2 aromatic rings. The maximum atomic E-state index is 12.2. The highest BCUT2D eigenvalue weighted by Gasteiger charge is 2.13. The summed E-state index contributed by atoms with van der Waals surface area (Å²) in [4.78, 5) is 27.2. The highest BCUT2D eigenvalue weighted by atomic mass is 32.1. The molecule has 112 valence electrons. The Morgan fingerprint density at radius 1 is 1.33 bits per heavy atom. The molecule has 1 atom stereocenters. The highest BCUT2D eigenvalue weighted by Crippen LogP contribution is 2.11. The largest absolute Gasteiger partial charge is 0.349 e. The molecule has 6 heteroatoms. The van der Waals surface area contributed by atoms with Crippen molar-refractivity contribution in [3.63, 3.8) is 0 Å². The Labute approximate surface area is 128 Å². The van der Waals surface area contributed by atoms with Gasteiger partial charge in [0.1, 0.15) is 0 Å². The molecule has 1 heterocycles. The lowest BCUT2D eigenvalue weighted by atomic mass is 10.1. The van der Waals surface area contributed by atoms with Crippen molar-refractivity contribution in [3.8, 4) is 0 Å². The smallest absolute Gasteiger partial charge is 0.261 e. The molecule has 0 bridgehead atoms. The third-order valence-corrected chi connectivity index (χ3v) is 4.10. The van der Waals surface area contributed by atoms with E-state index in [1.807, 2.05) is 20.8 Å². The van der Waals surface area contributed by atoms with Gasteiger partial charge >= 0.3 is 0 Å². The number of nitrogens with zero attached hydrogens (tertiary/aromatic N) is 1. The van der Waals surface area contributed by atoms with Gasteiger partial charge in [-0.05, 0) is 43.3 Å². The van der Waals surface area contributed by atoms with Crippen molar-refractivity contribution in [1.82, 2.24) is 14.9 Å². The standard InChI is InChI=1S/C15H19N3O2S/c1-8(2)9(3)16-13(19)10-5-6-11-12(7-10)17-15(21)18(4)14(11)20/h5-9H,1-4H3,(H,16,19)(H,17,21). The lowest BCUT2D eigenvalue weighted by molar-refractivity contribution is 0.0930. The molecular formula is C15H19N3O2S. The number of H-pyrrole nitrogens is 1. The van der Waals surface area contributed by atoms with E-state index in [2.05, 4.69) is 10.3 Å². The summed E-state index contributed by atoms with van der Waals surface area (Å²) in [5, 5.41) is 3.45. The van der Waals surface area contributed by atoms with Crippen molar-refractivity contribution < 1.29 is 4.79 Å². The molecular weight excluding hydrogens is 286 g/mol.